The fourth-order valence-electron chi connectivity index (χ4n) is 3.64. The molecule has 0 saturated heterocycles. The molecule has 0 radical (unpaired) electrons. The molecule has 0 heterocycles. The molecule has 0 aliphatic rings. The third-order valence-electron chi connectivity index (χ3n) is 5.82. The van der Waals surface area contributed by atoms with Crippen LogP contribution >= 0.6 is 0 Å². The Labute approximate surface area is 197 Å². The summed E-state index contributed by atoms with van der Waals surface area (Å²) in [6, 6.07) is 0. The Hall–Kier alpha value is -0.980. The Morgan fingerprint density at radius 2 is 1.28 bits per heavy atom. The molecule has 6 heteroatoms. The van der Waals surface area contributed by atoms with E-state index in [2.05, 4.69) is 12.2 Å². The second kappa shape index (κ2) is 13.7. The molecule has 32 heavy (non-hydrogen) atoms. The maximum absolute atomic E-state index is 12.5. The van der Waals surface area contributed by atoms with Crippen molar-refractivity contribution in [1.29, 1.82) is 0 Å². The van der Waals surface area contributed by atoms with Crippen molar-refractivity contribution < 1.29 is 23.8 Å². The number of carbonyl (C=O) groups excluding carboxylic acids is 2. The second-order valence-electron chi connectivity index (χ2n) is 11.2. The molecule has 0 fully saturated rings. The second-order valence-corrected chi connectivity index (χ2v) is 11.2. The van der Waals surface area contributed by atoms with E-state index < -0.39 is 5.60 Å². The first kappa shape index (κ1) is 31.0. The van der Waals surface area contributed by atoms with E-state index in [1.165, 1.54) is 0 Å². The number of hydrogen-bond donors (Lipinski definition) is 1. The standard InChI is InChI=1S/C26H51NO5/c1-11-14-23(3,4)21(28)13-15-24(5,6)31-18-16-25(7,8)32-19-17-27-22(29)20-26(9,10)30-12-2/h11-20H2,1-10H3,(H,27,29). The van der Waals surface area contributed by atoms with Gasteiger partial charge in [0.25, 0.3) is 0 Å². The fourth-order valence-corrected chi connectivity index (χ4v) is 3.64. The predicted molar refractivity (Wildman–Crippen MR) is 131 cm³/mol. The van der Waals surface area contributed by atoms with E-state index in [1.807, 2.05) is 62.3 Å². The molecule has 0 unspecified atom stereocenters. The molecule has 0 rings (SSSR count). The zero-order chi connectivity index (χ0) is 25.1. The van der Waals surface area contributed by atoms with Crippen LogP contribution in [0, 0.1) is 5.41 Å². The molecule has 0 aromatic heterocycles. The average Bonchev–Trinajstić information content (AvgIpc) is 2.62. The molecule has 0 bridgehead atoms. The van der Waals surface area contributed by atoms with Crippen LogP contribution in [0.1, 0.15) is 108 Å². The molecule has 0 aliphatic carbocycles. The highest BCUT2D eigenvalue weighted by atomic mass is 16.5. The quantitative estimate of drug-likeness (QED) is 0.277. The summed E-state index contributed by atoms with van der Waals surface area (Å²) < 4.78 is 17.6. The molecule has 1 N–H and O–H groups in total. The van der Waals surface area contributed by atoms with Gasteiger partial charge in [0.2, 0.25) is 5.91 Å². The Kier molecular flexibility index (Phi) is 13.2. The SMILES string of the molecule is CCCC(C)(C)C(=O)CCC(C)(C)OCCC(C)(C)OCCNC(=O)CC(C)(C)OCC. The summed E-state index contributed by atoms with van der Waals surface area (Å²) in [5, 5.41) is 2.89. The molecular formula is C26H51NO5. The van der Waals surface area contributed by atoms with Crippen molar-refractivity contribution in [3.8, 4) is 0 Å². The summed E-state index contributed by atoms with van der Waals surface area (Å²) in [7, 11) is 0. The lowest BCUT2D eigenvalue weighted by Gasteiger charge is -2.31. The van der Waals surface area contributed by atoms with E-state index in [0.29, 0.717) is 51.4 Å². The maximum atomic E-state index is 12.5. The minimum absolute atomic E-state index is 0.0356. The van der Waals surface area contributed by atoms with Crippen LogP contribution in [0.15, 0.2) is 0 Å². The van der Waals surface area contributed by atoms with Crippen LogP contribution in [0.3, 0.4) is 0 Å². The number of nitrogens with one attached hydrogen (secondary N) is 1. The highest BCUT2D eigenvalue weighted by Crippen LogP contribution is 2.28. The van der Waals surface area contributed by atoms with Crippen LogP contribution in [-0.4, -0.2) is 54.9 Å². The molecule has 0 spiro atoms. The molecule has 0 atom stereocenters. The molecule has 0 aliphatic heterocycles. The Morgan fingerprint density at radius 1 is 0.719 bits per heavy atom. The summed E-state index contributed by atoms with van der Waals surface area (Å²) in [4.78, 5) is 24.6. The van der Waals surface area contributed by atoms with Gasteiger partial charge in [-0.1, -0.05) is 27.2 Å². The van der Waals surface area contributed by atoms with Crippen LogP contribution in [0.2, 0.25) is 0 Å². The lowest BCUT2D eigenvalue weighted by atomic mass is 9.80. The number of amides is 1. The van der Waals surface area contributed by atoms with Crippen molar-refractivity contribution in [3.63, 3.8) is 0 Å². The number of rotatable bonds is 18. The van der Waals surface area contributed by atoms with E-state index in [1.54, 1.807) is 0 Å². The third kappa shape index (κ3) is 14.2. The van der Waals surface area contributed by atoms with Crippen LogP contribution in [0.5, 0.6) is 0 Å². The van der Waals surface area contributed by atoms with E-state index in [9.17, 15) is 9.59 Å². The molecule has 0 aromatic rings. The van der Waals surface area contributed by atoms with Crippen molar-refractivity contribution in [2.75, 3.05) is 26.4 Å². The molecule has 0 saturated carbocycles. The van der Waals surface area contributed by atoms with E-state index in [-0.39, 0.29) is 22.5 Å². The van der Waals surface area contributed by atoms with Crippen molar-refractivity contribution in [1.82, 2.24) is 5.32 Å². The van der Waals surface area contributed by atoms with Gasteiger partial charge in [0.1, 0.15) is 5.78 Å². The number of carbonyl (C=O) groups is 2. The first-order valence-electron chi connectivity index (χ1n) is 12.3. The molecule has 190 valence electrons. The zero-order valence-electron chi connectivity index (χ0n) is 22.6. The minimum atomic E-state index is -0.459. The smallest absolute Gasteiger partial charge is 0.222 e. The van der Waals surface area contributed by atoms with Gasteiger partial charge < -0.3 is 19.5 Å². The topological polar surface area (TPSA) is 73.9 Å². The molecule has 1 amide bonds. The normalized spacial score (nSPS) is 13.3. The number of ether oxygens (including phenoxy) is 3. The van der Waals surface area contributed by atoms with Gasteiger partial charge in [0.05, 0.1) is 36.4 Å². The number of hydrogen-bond acceptors (Lipinski definition) is 5. The minimum Gasteiger partial charge on any atom is -0.375 e. The third-order valence-corrected chi connectivity index (χ3v) is 5.82. The summed E-state index contributed by atoms with van der Waals surface area (Å²) in [6.07, 6.45) is 4.25. The highest BCUT2D eigenvalue weighted by Gasteiger charge is 2.29. The van der Waals surface area contributed by atoms with Crippen molar-refractivity contribution in [2.24, 2.45) is 5.41 Å². The van der Waals surface area contributed by atoms with Crippen molar-refractivity contribution >= 4 is 11.7 Å². The van der Waals surface area contributed by atoms with Crippen LogP contribution in [0.25, 0.3) is 0 Å². The predicted octanol–water partition coefficient (Wildman–Crippen LogP) is 5.46. The van der Waals surface area contributed by atoms with Crippen LogP contribution in [0.4, 0.5) is 0 Å². The van der Waals surface area contributed by atoms with Gasteiger partial charge in [-0.2, -0.15) is 0 Å². The van der Waals surface area contributed by atoms with Gasteiger partial charge in [-0.25, -0.2) is 0 Å². The van der Waals surface area contributed by atoms with Gasteiger partial charge >= 0.3 is 0 Å². The zero-order valence-corrected chi connectivity index (χ0v) is 22.6. The lowest BCUT2D eigenvalue weighted by Crippen LogP contribution is -2.37. The monoisotopic (exact) mass is 457 g/mol. The Morgan fingerprint density at radius 3 is 1.84 bits per heavy atom. The van der Waals surface area contributed by atoms with Gasteiger partial charge in [0.15, 0.2) is 0 Å². The van der Waals surface area contributed by atoms with Crippen molar-refractivity contribution in [2.45, 2.75) is 125 Å². The van der Waals surface area contributed by atoms with E-state index in [0.717, 1.165) is 19.3 Å². The van der Waals surface area contributed by atoms with Gasteiger partial charge in [-0.05, 0) is 67.7 Å². The summed E-state index contributed by atoms with van der Waals surface area (Å²) in [5.41, 5.74) is -1.42. The van der Waals surface area contributed by atoms with E-state index >= 15 is 0 Å². The van der Waals surface area contributed by atoms with Crippen LogP contribution < -0.4 is 5.32 Å². The first-order valence-corrected chi connectivity index (χ1v) is 12.3. The van der Waals surface area contributed by atoms with Gasteiger partial charge in [0, 0.05) is 25.0 Å². The molecular weight excluding hydrogens is 406 g/mol. The first-order chi connectivity index (χ1) is 14.6. The largest absolute Gasteiger partial charge is 0.375 e. The van der Waals surface area contributed by atoms with Gasteiger partial charge in [-0.3, -0.25) is 9.59 Å². The summed E-state index contributed by atoms with van der Waals surface area (Å²) in [5.74, 6) is 0.276. The van der Waals surface area contributed by atoms with Crippen molar-refractivity contribution in [3.05, 3.63) is 0 Å². The number of ketones is 1. The Balaban J connectivity index is 4.22. The fraction of sp³-hybridized carbons (Fsp3) is 0.923. The maximum Gasteiger partial charge on any atom is 0.222 e. The number of Topliss-reactive ketones (excluding diaryl/α,β-unsaturated/α-hetero) is 1. The average molecular weight is 458 g/mol. The lowest BCUT2D eigenvalue weighted by molar-refractivity contribution is -0.129. The van der Waals surface area contributed by atoms with Crippen LogP contribution in [-0.2, 0) is 23.8 Å². The highest BCUT2D eigenvalue weighted by molar-refractivity contribution is 5.84. The molecule has 6 nitrogen and oxygen atoms in total. The summed E-state index contributed by atoms with van der Waals surface area (Å²) >= 11 is 0. The van der Waals surface area contributed by atoms with Gasteiger partial charge in [-0.15, -0.1) is 0 Å². The summed E-state index contributed by atoms with van der Waals surface area (Å²) in [6.45, 7) is 22.1. The Bertz CT molecular complexity index is 567. The van der Waals surface area contributed by atoms with E-state index in [4.69, 9.17) is 14.2 Å². The molecule has 0 aromatic carbocycles.